The van der Waals surface area contributed by atoms with E-state index in [1.807, 2.05) is 12.1 Å². The van der Waals surface area contributed by atoms with Crippen LogP contribution in [-0.2, 0) is 11.3 Å². The third-order valence-corrected chi connectivity index (χ3v) is 4.45. The number of nitrogens with one attached hydrogen (secondary N) is 1. The summed E-state index contributed by atoms with van der Waals surface area (Å²) in [6, 6.07) is 6.02. The maximum atomic E-state index is 12.1. The van der Waals surface area contributed by atoms with Crippen molar-refractivity contribution in [1.29, 1.82) is 0 Å². The van der Waals surface area contributed by atoms with E-state index >= 15 is 0 Å². The van der Waals surface area contributed by atoms with Crippen molar-refractivity contribution in [3.8, 4) is 5.75 Å². The lowest BCUT2D eigenvalue weighted by molar-refractivity contribution is -0.126. The van der Waals surface area contributed by atoms with Crippen molar-refractivity contribution < 1.29 is 9.53 Å². The van der Waals surface area contributed by atoms with Gasteiger partial charge >= 0.3 is 0 Å². The zero-order valence-corrected chi connectivity index (χ0v) is 15.8. The molecule has 7 heteroatoms. The molecule has 1 aliphatic rings. The Kier molecular flexibility index (Phi) is 8.91. The van der Waals surface area contributed by atoms with Crippen LogP contribution in [0.5, 0.6) is 5.75 Å². The Bertz CT molecular complexity index is 516. The summed E-state index contributed by atoms with van der Waals surface area (Å²) in [7, 11) is 1.69. The molecule has 1 amide bonds. The lowest BCUT2D eigenvalue weighted by atomic mass is 9.96. The average Bonchev–Trinajstić information content (AvgIpc) is 2.53. The number of rotatable bonds is 6. The molecule has 0 aliphatic carbocycles. The van der Waals surface area contributed by atoms with E-state index in [2.05, 4.69) is 32.2 Å². The monoisotopic (exact) mass is 405 g/mol. The number of methoxy groups -OCH3 is 1. The van der Waals surface area contributed by atoms with Crippen LogP contribution in [0.3, 0.4) is 0 Å². The zero-order valence-electron chi connectivity index (χ0n) is 13.4. The molecule has 1 unspecified atom stereocenters. The summed E-state index contributed by atoms with van der Waals surface area (Å²) in [5, 5.41) is 2.90. The van der Waals surface area contributed by atoms with E-state index in [0.29, 0.717) is 13.1 Å². The van der Waals surface area contributed by atoms with Gasteiger partial charge in [0.15, 0.2) is 0 Å². The molecule has 2 rings (SSSR count). The van der Waals surface area contributed by atoms with E-state index in [9.17, 15) is 4.79 Å². The van der Waals surface area contributed by atoms with Crippen LogP contribution in [0, 0.1) is 5.92 Å². The quantitative estimate of drug-likeness (QED) is 0.760. The standard InChI is InChI=1S/C16H24BrN3O2.ClH/c1-22-15-5-4-14(17)9-13(15)11-20-8-2-3-12(10-20)16(21)19-7-6-18;/h4-5,9,12H,2-3,6-8,10-11,18H2,1H3,(H,19,21);1H. The largest absolute Gasteiger partial charge is 0.496 e. The fraction of sp³-hybridized carbons (Fsp3) is 0.562. The molecule has 1 aliphatic heterocycles. The van der Waals surface area contributed by atoms with Gasteiger partial charge in [0.1, 0.15) is 5.75 Å². The van der Waals surface area contributed by atoms with Gasteiger partial charge in [-0.2, -0.15) is 0 Å². The topological polar surface area (TPSA) is 67.6 Å². The molecular formula is C16H25BrClN3O2. The Morgan fingerprint density at radius 3 is 3.00 bits per heavy atom. The molecule has 1 saturated heterocycles. The molecule has 0 aromatic heterocycles. The molecule has 0 saturated carbocycles. The SMILES string of the molecule is COc1ccc(Br)cc1CN1CCCC(C(=O)NCCN)C1.Cl. The van der Waals surface area contributed by atoms with Gasteiger partial charge in [-0.1, -0.05) is 15.9 Å². The predicted molar refractivity (Wildman–Crippen MR) is 98.0 cm³/mol. The normalized spacial score (nSPS) is 18.1. The molecule has 1 fully saturated rings. The third kappa shape index (κ3) is 5.95. The number of hydrogen-bond donors (Lipinski definition) is 2. The van der Waals surface area contributed by atoms with Crippen molar-refractivity contribution in [2.75, 3.05) is 33.3 Å². The Morgan fingerprint density at radius 2 is 2.30 bits per heavy atom. The highest BCUT2D eigenvalue weighted by Gasteiger charge is 2.26. The summed E-state index contributed by atoms with van der Waals surface area (Å²) in [5.41, 5.74) is 6.58. The van der Waals surface area contributed by atoms with Gasteiger partial charge in [-0.25, -0.2) is 0 Å². The second kappa shape index (κ2) is 10.1. The molecule has 130 valence electrons. The number of benzene rings is 1. The van der Waals surface area contributed by atoms with E-state index in [1.165, 1.54) is 0 Å². The molecule has 1 atom stereocenters. The van der Waals surface area contributed by atoms with Gasteiger partial charge in [-0.3, -0.25) is 9.69 Å². The highest BCUT2D eigenvalue weighted by molar-refractivity contribution is 9.10. The van der Waals surface area contributed by atoms with E-state index in [4.69, 9.17) is 10.5 Å². The van der Waals surface area contributed by atoms with Crippen LogP contribution in [0.15, 0.2) is 22.7 Å². The van der Waals surface area contributed by atoms with Crippen LogP contribution < -0.4 is 15.8 Å². The fourth-order valence-corrected chi connectivity index (χ4v) is 3.27. The summed E-state index contributed by atoms with van der Waals surface area (Å²) in [5.74, 6) is 1.06. The maximum Gasteiger partial charge on any atom is 0.224 e. The van der Waals surface area contributed by atoms with Gasteiger partial charge < -0.3 is 15.8 Å². The summed E-state index contributed by atoms with van der Waals surface area (Å²) in [4.78, 5) is 14.4. The highest BCUT2D eigenvalue weighted by Crippen LogP contribution is 2.26. The minimum absolute atomic E-state index is 0. The molecule has 0 bridgehead atoms. The van der Waals surface area contributed by atoms with E-state index in [0.717, 1.165) is 48.3 Å². The number of piperidine rings is 1. The Morgan fingerprint density at radius 1 is 1.52 bits per heavy atom. The van der Waals surface area contributed by atoms with Crippen molar-refractivity contribution in [3.05, 3.63) is 28.2 Å². The third-order valence-electron chi connectivity index (χ3n) is 3.96. The molecule has 3 N–H and O–H groups in total. The average molecular weight is 407 g/mol. The number of nitrogens with two attached hydrogens (primary N) is 1. The summed E-state index contributed by atoms with van der Waals surface area (Å²) >= 11 is 3.50. The molecule has 0 radical (unpaired) electrons. The van der Waals surface area contributed by atoms with Crippen molar-refractivity contribution >= 4 is 34.2 Å². The van der Waals surface area contributed by atoms with Crippen LogP contribution in [0.25, 0.3) is 0 Å². The summed E-state index contributed by atoms with van der Waals surface area (Å²) < 4.78 is 6.47. The molecule has 5 nitrogen and oxygen atoms in total. The lowest BCUT2D eigenvalue weighted by Crippen LogP contribution is -2.43. The Hall–Kier alpha value is -0.820. The number of nitrogens with zero attached hydrogens (tertiary/aromatic N) is 1. The maximum absolute atomic E-state index is 12.1. The predicted octanol–water partition coefficient (Wildman–Crippen LogP) is 2.17. The number of halogens is 2. The number of carbonyl (C=O) groups is 1. The molecule has 23 heavy (non-hydrogen) atoms. The smallest absolute Gasteiger partial charge is 0.224 e. The van der Waals surface area contributed by atoms with Gasteiger partial charge in [-0.15, -0.1) is 12.4 Å². The number of likely N-dealkylation sites (tertiary alicyclic amines) is 1. The Balaban J connectivity index is 0.00000264. The first-order chi connectivity index (χ1) is 10.6. The molecular weight excluding hydrogens is 382 g/mol. The molecule has 1 aromatic carbocycles. The number of amides is 1. The van der Waals surface area contributed by atoms with Crippen molar-refractivity contribution in [1.82, 2.24) is 10.2 Å². The highest BCUT2D eigenvalue weighted by atomic mass is 79.9. The number of hydrogen-bond acceptors (Lipinski definition) is 4. The molecule has 1 heterocycles. The van der Waals surface area contributed by atoms with E-state index < -0.39 is 0 Å². The van der Waals surface area contributed by atoms with Crippen LogP contribution >= 0.6 is 28.3 Å². The van der Waals surface area contributed by atoms with Crippen molar-refractivity contribution in [2.45, 2.75) is 19.4 Å². The van der Waals surface area contributed by atoms with Gasteiger partial charge in [0.2, 0.25) is 5.91 Å². The van der Waals surface area contributed by atoms with Crippen molar-refractivity contribution in [2.24, 2.45) is 11.7 Å². The fourth-order valence-electron chi connectivity index (χ4n) is 2.86. The zero-order chi connectivity index (χ0) is 15.9. The molecule has 1 aromatic rings. The Labute approximate surface area is 152 Å². The minimum Gasteiger partial charge on any atom is -0.496 e. The number of ether oxygens (including phenoxy) is 1. The van der Waals surface area contributed by atoms with Crippen LogP contribution in [0.4, 0.5) is 0 Å². The van der Waals surface area contributed by atoms with Gasteiger partial charge in [0, 0.05) is 36.2 Å². The molecule has 0 spiro atoms. The second-order valence-corrected chi connectivity index (χ2v) is 6.53. The first-order valence-corrected chi connectivity index (χ1v) is 8.46. The van der Waals surface area contributed by atoms with E-state index in [-0.39, 0.29) is 24.2 Å². The van der Waals surface area contributed by atoms with Crippen molar-refractivity contribution in [3.63, 3.8) is 0 Å². The van der Waals surface area contributed by atoms with Gasteiger partial charge in [0.05, 0.1) is 13.0 Å². The summed E-state index contributed by atoms with van der Waals surface area (Å²) in [6.07, 6.45) is 1.99. The van der Waals surface area contributed by atoms with Gasteiger partial charge in [0.25, 0.3) is 0 Å². The first-order valence-electron chi connectivity index (χ1n) is 7.66. The first kappa shape index (κ1) is 20.2. The lowest BCUT2D eigenvalue weighted by Gasteiger charge is -2.32. The summed E-state index contributed by atoms with van der Waals surface area (Å²) in [6.45, 7) is 3.62. The van der Waals surface area contributed by atoms with Gasteiger partial charge in [-0.05, 0) is 37.6 Å². The minimum atomic E-state index is 0. The second-order valence-electron chi connectivity index (χ2n) is 5.61. The van der Waals surface area contributed by atoms with Crippen LogP contribution in [0.2, 0.25) is 0 Å². The van der Waals surface area contributed by atoms with E-state index in [1.54, 1.807) is 7.11 Å². The van der Waals surface area contributed by atoms with Crippen LogP contribution in [0.1, 0.15) is 18.4 Å². The van der Waals surface area contributed by atoms with Crippen LogP contribution in [-0.4, -0.2) is 44.1 Å². The number of carbonyl (C=O) groups excluding carboxylic acids is 1.